The lowest BCUT2D eigenvalue weighted by Crippen LogP contribution is -2.38. The van der Waals surface area contributed by atoms with Crippen LogP contribution in [-0.2, 0) is 20.5 Å². The minimum Gasteiger partial charge on any atom is -0.465 e. The largest absolute Gasteiger partial charge is 0.465 e. The van der Waals surface area contributed by atoms with Gasteiger partial charge < -0.3 is 9.84 Å². The van der Waals surface area contributed by atoms with E-state index in [-0.39, 0.29) is 18.4 Å². The van der Waals surface area contributed by atoms with Crippen LogP contribution in [0.1, 0.15) is 28.8 Å². The quantitative estimate of drug-likeness (QED) is 0.811. The summed E-state index contributed by atoms with van der Waals surface area (Å²) in [6.45, 7) is 0.300. The maximum Gasteiger partial charge on any atom is 0.337 e. The van der Waals surface area contributed by atoms with Crippen molar-refractivity contribution in [3.8, 4) is 0 Å². The number of esters is 1. The second kappa shape index (κ2) is 6.55. The van der Waals surface area contributed by atoms with Crippen LogP contribution in [0.3, 0.4) is 0 Å². The number of ether oxygens (including phenoxy) is 1. The topological polar surface area (TPSA) is 83.9 Å². The Hall–Kier alpha value is -1.44. The number of methoxy groups -OCH3 is 1. The Kier molecular flexibility index (Phi) is 4.97. The molecule has 1 aromatic carbocycles. The summed E-state index contributed by atoms with van der Waals surface area (Å²) < 4.78 is 30.7. The standard InChI is InChI=1S/C14H19NO5S/c1-20-14(17)12-6-4-11(5-7-12)10-21(18,19)15-8-2-3-13(15)9-16/h4-7,13,16H,2-3,8-10H2,1H3/t13-/m1/s1. The van der Waals surface area contributed by atoms with Crippen molar-refractivity contribution in [2.75, 3.05) is 20.3 Å². The average molecular weight is 313 g/mol. The SMILES string of the molecule is COC(=O)c1ccc(CS(=O)(=O)N2CCC[C@@H]2CO)cc1. The number of hydrogen-bond donors (Lipinski definition) is 1. The van der Waals surface area contributed by atoms with Crippen LogP contribution in [0.2, 0.25) is 0 Å². The Morgan fingerprint density at radius 3 is 2.62 bits per heavy atom. The van der Waals surface area contributed by atoms with Crippen molar-refractivity contribution in [3.05, 3.63) is 35.4 Å². The van der Waals surface area contributed by atoms with E-state index in [0.717, 1.165) is 6.42 Å². The molecule has 1 heterocycles. The first-order valence-electron chi connectivity index (χ1n) is 6.75. The Morgan fingerprint density at radius 1 is 1.38 bits per heavy atom. The third-order valence-electron chi connectivity index (χ3n) is 3.62. The number of aliphatic hydroxyl groups excluding tert-OH is 1. The fourth-order valence-corrected chi connectivity index (χ4v) is 4.32. The Bertz CT molecular complexity index is 596. The maximum atomic E-state index is 12.4. The van der Waals surface area contributed by atoms with Crippen molar-refractivity contribution in [3.63, 3.8) is 0 Å². The van der Waals surface area contributed by atoms with Gasteiger partial charge in [0, 0.05) is 12.6 Å². The molecule has 1 atom stereocenters. The van der Waals surface area contributed by atoms with Gasteiger partial charge in [0.2, 0.25) is 10.0 Å². The molecule has 1 fully saturated rings. The first-order valence-corrected chi connectivity index (χ1v) is 8.36. The zero-order valence-electron chi connectivity index (χ0n) is 11.9. The number of hydrogen-bond acceptors (Lipinski definition) is 5. The number of nitrogens with zero attached hydrogens (tertiary/aromatic N) is 1. The molecule has 7 heteroatoms. The molecule has 6 nitrogen and oxygen atoms in total. The second-order valence-corrected chi connectivity index (χ2v) is 6.96. The van der Waals surface area contributed by atoms with Gasteiger partial charge in [-0.25, -0.2) is 13.2 Å². The van der Waals surface area contributed by atoms with Crippen LogP contribution in [0.25, 0.3) is 0 Å². The van der Waals surface area contributed by atoms with Crippen LogP contribution in [0.5, 0.6) is 0 Å². The van der Waals surface area contributed by atoms with Crippen molar-refractivity contribution < 1.29 is 23.1 Å². The van der Waals surface area contributed by atoms with Crippen molar-refractivity contribution in [2.45, 2.75) is 24.6 Å². The predicted molar refractivity (Wildman–Crippen MR) is 77.2 cm³/mol. The zero-order chi connectivity index (χ0) is 15.5. The highest BCUT2D eigenvalue weighted by Gasteiger charge is 2.33. The highest BCUT2D eigenvalue weighted by atomic mass is 32.2. The molecular weight excluding hydrogens is 294 g/mol. The smallest absolute Gasteiger partial charge is 0.337 e. The summed E-state index contributed by atoms with van der Waals surface area (Å²) in [5.74, 6) is -0.588. The van der Waals surface area contributed by atoms with Gasteiger partial charge in [0.1, 0.15) is 0 Å². The van der Waals surface area contributed by atoms with E-state index < -0.39 is 16.0 Å². The number of benzene rings is 1. The summed E-state index contributed by atoms with van der Waals surface area (Å²) in [6.07, 6.45) is 1.46. The molecule has 2 rings (SSSR count). The molecule has 0 amide bonds. The molecule has 1 aliphatic heterocycles. The van der Waals surface area contributed by atoms with Crippen LogP contribution in [0, 0.1) is 0 Å². The fourth-order valence-electron chi connectivity index (χ4n) is 2.51. The Labute approximate surface area is 124 Å². The van der Waals surface area contributed by atoms with Gasteiger partial charge in [0.05, 0.1) is 25.0 Å². The predicted octanol–water partition coefficient (Wildman–Crippen LogP) is 0.760. The van der Waals surface area contributed by atoms with Crippen LogP contribution in [0.4, 0.5) is 0 Å². The maximum absolute atomic E-state index is 12.4. The number of carbonyl (C=O) groups excluding carboxylic acids is 1. The van der Waals surface area contributed by atoms with E-state index in [0.29, 0.717) is 24.1 Å². The number of aliphatic hydroxyl groups is 1. The van der Waals surface area contributed by atoms with Crippen LogP contribution >= 0.6 is 0 Å². The number of sulfonamides is 1. The fraction of sp³-hybridized carbons (Fsp3) is 0.500. The van der Waals surface area contributed by atoms with E-state index in [1.165, 1.54) is 11.4 Å². The summed E-state index contributed by atoms with van der Waals surface area (Å²) in [5, 5.41) is 9.23. The zero-order valence-corrected chi connectivity index (χ0v) is 12.7. The summed E-state index contributed by atoms with van der Waals surface area (Å²) in [7, 11) is -2.16. The molecule has 116 valence electrons. The highest BCUT2D eigenvalue weighted by molar-refractivity contribution is 7.88. The third kappa shape index (κ3) is 3.61. The second-order valence-electron chi connectivity index (χ2n) is 5.03. The van der Waals surface area contributed by atoms with E-state index in [9.17, 15) is 18.3 Å². The van der Waals surface area contributed by atoms with Gasteiger partial charge in [-0.05, 0) is 30.5 Å². The lowest BCUT2D eigenvalue weighted by molar-refractivity contribution is 0.0600. The van der Waals surface area contributed by atoms with Crippen LogP contribution in [0.15, 0.2) is 24.3 Å². The summed E-state index contributed by atoms with van der Waals surface area (Å²) in [4.78, 5) is 11.3. The van der Waals surface area contributed by atoms with Gasteiger partial charge in [-0.1, -0.05) is 12.1 Å². The van der Waals surface area contributed by atoms with E-state index in [2.05, 4.69) is 4.74 Å². The van der Waals surface area contributed by atoms with E-state index in [1.807, 2.05) is 0 Å². The van der Waals surface area contributed by atoms with Gasteiger partial charge in [-0.15, -0.1) is 0 Å². The number of rotatable bonds is 5. The van der Waals surface area contributed by atoms with Crippen molar-refractivity contribution in [2.24, 2.45) is 0 Å². The molecule has 0 radical (unpaired) electrons. The molecule has 21 heavy (non-hydrogen) atoms. The van der Waals surface area contributed by atoms with Gasteiger partial charge in [0.15, 0.2) is 0 Å². The minimum atomic E-state index is -3.46. The lowest BCUT2D eigenvalue weighted by atomic mass is 10.1. The van der Waals surface area contributed by atoms with Crippen molar-refractivity contribution in [1.82, 2.24) is 4.31 Å². The monoisotopic (exact) mass is 313 g/mol. The normalized spacial score (nSPS) is 19.6. The van der Waals surface area contributed by atoms with Crippen LogP contribution < -0.4 is 0 Å². The van der Waals surface area contributed by atoms with Gasteiger partial charge in [-0.3, -0.25) is 0 Å². The molecule has 0 bridgehead atoms. The molecular formula is C14H19NO5S. The van der Waals surface area contributed by atoms with Crippen LogP contribution in [-0.4, -0.2) is 50.1 Å². The van der Waals surface area contributed by atoms with E-state index in [4.69, 9.17) is 0 Å². The van der Waals surface area contributed by atoms with E-state index >= 15 is 0 Å². The summed E-state index contributed by atoms with van der Waals surface area (Å²) in [5.41, 5.74) is 0.985. The molecule has 0 unspecified atom stereocenters. The minimum absolute atomic E-state index is 0.134. The van der Waals surface area contributed by atoms with Gasteiger partial charge in [-0.2, -0.15) is 4.31 Å². The summed E-state index contributed by atoms with van der Waals surface area (Å²) in [6, 6.07) is 5.99. The van der Waals surface area contributed by atoms with E-state index in [1.54, 1.807) is 24.3 Å². The average Bonchev–Trinajstić information content (AvgIpc) is 2.96. The number of carbonyl (C=O) groups is 1. The molecule has 1 N–H and O–H groups in total. The lowest BCUT2D eigenvalue weighted by Gasteiger charge is -2.22. The summed E-state index contributed by atoms with van der Waals surface area (Å²) >= 11 is 0. The van der Waals surface area contributed by atoms with Gasteiger partial charge in [0.25, 0.3) is 0 Å². The molecule has 1 aromatic rings. The molecule has 1 saturated heterocycles. The first-order chi connectivity index (χ1) is 9.97. The molecule has 0 spiro atoms. The van der Waals surface area contributed by atoms with Crippen molar-refractivity contribution in [1.29, 1.82) is 0 Å². The molecule has 0 saturated carbocycles. The Morgan fingerprint density at radius 2 is 2.05 bits per heavy atom. The molecule has 1 aliphatic rings. The molecule has 0 aliphatic carbocycles. The van der Waals surface area contributed by atoms with Gasteiger partial charge >= 0.3 is 5.97 Å². The highest BCUT2D eigenvalue weighted by Crippen LogP contribution is 2.23. The third-order valence-corrected chi connectivity index (χ3v) is 5.51. The Balaban J connectivity index is 2.11. The van der Waals surface area contributed by atoms with Crippen molar-refractivity contribution >= 4 is 16.0 Å². The first kappa shape index (κ1) is 15.9. The molecule has 0 aromatic heterocycles.